The molecule has 3 rings (SSSR count). The Morgan fingerprint density at radius 2 is 1.20 bits per heavy atom. The third kappa shape index (κ3) is 11.5. The molecule has 0 saturated carbocycles. The first kappa shape index (κ1) is 38.7. The molecule has 1 aliphatic heterocycles. The van der Waals surface area contributed by atoms with E-state index in [1.807, 2.05) is 0 Å². The molecule has 0 amide bonds. The number of methoxy groups -OCH3 is 2. The van der Waals surface area contributed by atoms with E-state index in [0.29, 0.717) is 11.1 Å². The molecule has 15 nitrogen and oxygen atoms in total. The number of hydrogen-bond acceptors (Lipinski definition) is 15. The number of hydrogen-bond donors (Lipinski definition) is 1. The van der Waals surface area contributed by atoms with Crippen LogP contribution in [-0.2, 0) is 52.5 Å². The number of phenols is 1. The van der Waals surface area contributed by atoms with E-state index in [9.17, 15) is 33.9 Å². The van der Waals surface area contributed by atoms with Crippen LogP contribution in [0.3, 0.4) is 0 Å². The van der Waals surface area contributed by atoms with Gasteiger partial charge in [0, 0.05) is 27.7 Å². The zero-order valence-corrected chi connectivity index (χ0v) is 28.2. The van der Waals surface area contributed by atoms with Crippen molar-refractivity contribution in [1.82, 2.24) is 0 Å². The zero-order valence-electron chi connectivity index (χ0n) is 28.2. The lowest BCUT2D eigenvalue weighted by atomic mass is 9.98. The fraction of sp³-hybridized carbons (Fsp3) is 0.371. The van der Waals surface area contributed by atoms with Crippen LogP contribution in [0.15, 0.2) is 48.6 Å². The lowest BCUT2D eigenvalue weighted by Crippen LogP contribution is -2.63. The smallest absolute Gasteiger partial charge is 0.303 e. The molecule has 0 aliphatic carbocycles. The van der Waals surface area contributed by atoms with Gasteiger partial charge in [-0.3, -0.25) is 28.8 Å². The van der Waals surface area contributed by atoms with Crippen molar-refractivity contribution in [3.05, 3.63) is 59.7 Å². The lowest BCUT2D eigenvalue weighted by Gasteiger charge is -2.44. The maximum Gasteiger partial charge on any atom is 0.303 e. The van der Waals surface area contributed by atoms with Crippen LogP contribution in [0, 0.1) is 0 Å². The Hall–Kier alpha value is -5.70. The van der Waals surface area contributed by atoms with Gasteiger partial charge in [-0.1, -0.05) is 24.3 Å². The predicted molar refractivity (Wildman–Crippen MR) is 173 cm³/mol. The number of carbonyl (C=O) groups is 6. The molecule has 0 aromatic heterocycles. The number of ether oxygens (including phenoxy) is 8. The molecule has 2 aromatic carbocycles. The average molecular weight is 699 g/mol. The van der Waals surface area contributed by atoms with Gasteiger partial charge in [-0.05, 0) is 47.5 Å². The lowest BCUT2D eigenvalue weighted by molar-refractivity contribution is -0.288. The van der Waals surface area contributed by atoms with Crippen molar-refractivity contribution < 1.29 is 71.8 Å². The van der Waals surface area contributed by atoms with Crippen LogP contribution in [-0.4, -0.2) is 92.1 Å². The van der Waals surface area contributed by atoms with Gasteiger partial charge < -0.3 is 43.0 Å². The van der Waals surface area contributed by atoms with Crippen LogP contribution >= 0.6 is 0 Å². The van der Waals surface area contributed by atoms with Gasteiger partial charge in [0.2, 0.25) is 12.4 Å². The highest BCUT2D eigenvalue weighted by molar-refractivity contribution is 6.10. The van der Waals surface area contributed by atoms with E-state index in [-0.39, 0.29) is 23.0 Å². The predicted octanol–water partition coefficient (Wildman–Crippen LogP) is 3.13. The number of benzene rings is 2. The fourth-order valence-electron chi connectivity index (χ4n) is 4.76. The summed E-state index contributed by atoms with van der Waals surface area (Å²) in [6.07, 6.45) is -1.92. The first-order valence-corrected chi connectivity index (χ1v) is 15.1. The minimum atomic E-state index is -1.49. The Balaban J connectivity index is 1.80. The first-order valence-electron chi connectivity index (χ1n) is 15.1. The minimum absolute atomic E-state index is 0.0479. The summed E-state index contributed by atoms with van der Waals surface area (Å²) in [4.78, 5) is 72.6. The number of rotatable bonds is 15. The summed E-state index contributed by atoms with van der Waals surface area (Å²) in [6, 6.07) is 9.09. The monoisotopic (exact) mass is 698 g/mol. The summed E-state index contributed by atoms with van der Waals surface area (Å²) < 4.78 is 43.8. The third-order valence-electron chi connectivity index (χ3n) is 6.85. The Labute approximate surface area is 287 Å². The average Bonchev–Trinajstić information content (AvgIpc) is 3.04. The van der Waals surface area contributed by atoms with E-state index in [1.165, 1.54) is 62.8 Å². The summed E-state index contributed by atoms with van der Waals surface area (Å²) in [5, 5.41) is 9.71. The topological polar surface area (TPSA) is 196 Å². The highest BCUT2D eigenvalue weighted by Crippen LogP contribution is 2.35. The molecule has 1 fully saturated rings. The summed E-state index contributed by atoms with van der Waals surface area (Å²) in [6.45, 7) is 4.04. The second-order valence-corrected chi connectivity index (χ2v) is 10.8. The van der Waals surface area contributed by atoms with Gasteiger partial charge in [-0.25, -0.2) is 0 Å². The van der Waals surface area contributed by atoms with E-state index in [2.05, 4.69) is 0 Å². The number of ketones is 2. The summed E-state index contributed by atoms with van der Waals surface area (Å²) in [5.74, 6) is -3.54. The van der Waals surface area contributed by atoms with Crippen LogP contribution in [0.4, 0.5) is 0 Å². The van der Waals surface area contributed by atoms with Crippen LogP contribution in [0.5, 0.6) is 23.0 Å². The number of esters is 4. The van der Waals surface area contributed by atoms with Gasteiger partial charge in [-0.2, -0.15) is 0 Å². The SMILES string of the molecule is COc1cc(/C=C/C(=O)CC(=O)/C=C/c2ccc(O[C@@H]3O[C@H](COC(C)=O)[C@H](OC(C)=O)[C@H](OC(C)=O)[C@H]3OC(C)=O)c(OC)c2)ccc1O. The van der Waals surface area contributed by atoms with Gasteiger partial charge in [0.25, 0.3) is 0 Å². The molecule has 0 bridgehead atoms. The Bertz CT molecular complexity index is 1640. The molecule has 1 aliphatic rings. The standard InChI is InChI=1S/C35H38O15/c1-19(36)45-18-31-32(46-20(2)37)33(47-21(3)38)34(48-22(4)39)35(50-31)49-28-14-10-24(16-30(28)44-6)8-12-26(41)17-25(40)11-7-23-9-13-27(42)29(15-23)43-5/h7-16,31-35,42H,17-18H2,1-6H3/b11-7+,12-8+/t31-,32+,33+,34-,35-/m1/s1. The van der Waals surface area contributed by atoms with Crippen molar-refractivity contribution in [1.29, 1.82) is 0 Å². The van der Waals surface area contributed by atoms with Crippen LogP contribution in [0.1, 0.15) is 45.2 Å². The van der Waals surface area contributed by atoms with Gasteiger partial charge in [0.05, 0.1) is 20.6 Å². The maximum absolute atomic E-state index is 12.5. The zero-order chi connectivity index (χ0) is 37.0. The highest BCUT2D eigenvalue weighted by Gasteiger charge is 2.53. The third-order valence-corrected chi connectivity index (χ3v) is 6.85. The summed E-state index contributed by atoms with van der Waals surface area (Å²) >= 11 is 0. The van der Waals surface area contributed by atoms with E-state index in [1.54, 1.807) is 12.1 Å². The van der Waals surface area contributed by atoms with Crippen molar-refractivity contribution in [3.8, 4) is 23.0 Å². The Kier molecular flexibility index (Phi) is 14.1. The number of allylic oxidation sites excluding steroid dienone is 2. The summed E-state index contributed by atoms with van der Waals surface area (Å²) in [7, 11) is 2.75. The maximum atomic E-state index is 12.5. The van der Waals surface area contributed by atoms with Crippen molar-refractivity contribution in [2.75, 3.05) is 20.8 Å². The van der Waals surface area contributed by atoms with Crippen molar-refractivity contribution >= 4 is 47.6 Å². The van der Waals surface area contributed by atoms with Crippen LogP contribution < -0.4 is 14.2 Å². The van der Waals surface area contributed by atoms with E-state index >= 15 is 0 Å². The number of phenolic OH excluding ortho intramolecular Hbond substituents is 1. The molecule has 1 heterocycles. The molecular weight excluding hydrogens is 660 g/mol. The molecule has 50 heavy (non-hydrogen) atoms. The number of aromatic hydroxyl groups is 1. The van der Waals surface area contributed by atoms with Crippen LogP contribution in [0.25, 0.3) is 12.2 Å². The van der Waals surface area contributed by atoms with E-state index in [4.69, 9.17) is 37.9 Å². The molecule has 268 valence electrons. The molecule has 1 N–H and O–H groups in total. The van der Waals surface area contributed by atoms with Crippen LogP contribution in [0.2, 0.25) is 0 Å². The van der Waals surface area contributed by atoms with Gasteiger partial charge in [0.1, 0.15) is 12.7 Å². The first-order chi connectivity index (χ1) is 23.7. The molecule has 2 aromatic rings. The summed E-state index contributed by atoms with van der Waals surface area (Å²) in [5.41, 5.74) is 1.08. The number of carbonyl (C=O) groups excluding carboxylic acids is 6. The Morgan fingerprint density at radius 1 is 0.680 bits per heavy atom. The Morgan fingerprint density at radius 3 is 1.74 bits per heavy atom. The minimum Gasteiger partial charge on any atom is -0.504 e. The largest absolute Gasteiger partial charge is 0.504 e. The van der Waals surface area contributed by atoms with Crippen molar-refractivity contribution in [2.24, 2.45) is 0 Å². The second-order valence-electron chi connectivity index (χ2n) is 10.8. The molecule has 0 unspecified atom stereocenters. The molecule has 15 heteroatoms. The second kappa shape index (κ2) is 18.2. The van der Waals surface area contributed by atoms with Gasteiger partial charge in [-0.15, -0.1) is 0 Å². The molecule has 1 saturated heterocycles. The quantitative estimate of drug-likeness (QED) is 0.123. The normalized spacial score (nSPS) is 20.1. The van der Waals surface area contributed by atoms with E-state index < -0.39 is 79.2 Å². The molecule has 5 atom stereocenters. The van der Waals surface area contributed by atoms with Crippen molar-refractivity contribution in [2.45, 2.75) is 64.8 Å². The van der Waals surface area contributed by atoms with Gasteiger partial charge in [0.15, 0.2) is 46.8 Å². The molecule has 0 radical (unpaired) electrons. The van der Waals surface area contributed by atoms with E-state index in [0.717, 1.165) is 27.7 Å². The van der Waals surface area contributed by atoms with Crippen molar-refractivity contribution in [3.63, 3.8) is 0 Å². The highest BCUT2D eigenvalue weighted by atomic mass is 16.7. The molecular formula is C35H38O15. The van der Waals surface area contributed by atoms with Gasteiger partial charge >= 0.3 is 23.9 Å². The molecule has 0 spiro atoms. The fourth-order valence-corrected chi connectivity index (χ4v) is 4.76.